The molecule has 0 aliphatic heterocycles. The Bertz CT molecular complexity index is 990. The Hall–Kier alpha value is -3.31. The number of carbonyl (C=O) groups excluding carboxylic acids is 2. The minimum atomic E-state index is -0.546. The van der Waals surface area contributed by atoms with Gasteiger partial charge in [-0.25, -0.2) is 0 Å². The number of amides is 1. The van der Waals surface area contributed by atoms with Crippen LogP contribution in [-0.4, -0.2) is 25.6 Å². The van der Waals surface area contributed by atoms with Crippen molar-refractivity contribution in [2.45, 2.75) is 12.5 Å². The summed E-state index contributed by atoms with van der Waals surface area (Å²) in [6.45, 7) is -0.185. The largest absolute Gasteiger partial charge is 0.483 e. The summed E-state index contributed by atoms with van der Waals surface area (Å²) in [5.74, 6) is -0.165. The lowest BCUT2D eigenvalue weighted by Gasteiger charge is -2.19. The summed E-state index contributed by atoms with van der Waals surface area (Å²) in [7, 11) is 1.31. The number of hydrogen-bond acceptors (Lipinski definition) is 4. The Labute approximate surface area is 180 Å². The molecular weight excluding hydrogens is 402 g/mol. The molecule has 1 unspecified atom stereocenters. The minimum Gasteiger partial charge on any atom is -0.483 e. The van der Waals surface area contributed by atoms with Gasteiger partial charge in [-0.1, -0.05) is 72.3 Å². The summed E-state index contributed by atoms with van der Waals surface area (Å²) in [4.78, 5) is 24.4. The fraction of sp³-hybridized carbons (Fsp3) is 0.167. The van der Waals surface area contributed by atoms with Crippen molar-refractivity contribution in [2.24, 2.45) is 0 Å². The van der Waals surface area contributed by atoms with Crippen LogP contribution >= 0.6 is 11.6 Å². The zero-order valence-electron chi connectivity index (χ0n) is 16.5. The van der Waals surface area contributed by atoms with Crippen molar-refractivity contribution in [3.05, 3.63) is 89.4 Å². The van der Waals surface area contributed by atoms with Crippen LogP contribution in [0, 0.1) is 0 Å². The molecule has 0 aliphatic rings. The molecule has 1 atom stereocenters. The SMILES string of the molecule is COC(=O)CC(NC(=O)COc1ccccc1-c1ccccc1)c1ccc(Cl)cc1. The first-order chi connectivity index (χ1) is 14.6. The predicted octanol–water partition coefficient (Wildman–Crippen LogP) is 4.81. The molecule has 0 radical (unpaired) electrons. The van der Waals surface area contributed by atoms with Crippen LogP contribution in [0.25, 0.3) is 11.1 Å². The molecule has 0 heterocycles. The van der Waals surface area contributed by atoms with E-state index in [4.69, 9.17) is 21.1 Å². The fourth-order valence-corrected chi connectivity index (χ4v) is 3.15. The van der Waals surface area contributed by atoms with Gasteiger partial charge in [0, 0.05) is 10.6 Å². The van der Waals surface area contributed by atoms with Crippen LogP contribution in [-0.2, 0) is 14.3 Å². The summed E-state index contributed by atoms with van der Waals surface area (Å²) in [5, 5.41) is 3.41. The van der Waals surface area contributed by atoms with E-state index < -0.39 is 12.0 Å². The van der Waals surface area contributed by atoms with Crippen molar-refractivity contribution in [1.82, 2.24) is 5.32 Å². The maximum absolute atomic E-state index is 12.6. The van der Waals surface area contributed by atoms with Gasteiger partial charge in [-0.2, -0.15) is 0 Å². The highest BCUT2D eigenvalue weighted by Gasteiger charge is 2.19. The molecule has 3 rings (SSSR count). The Balaban J connectivity index is 1.69. The zero-order chi connectivity index (χ0) is 21.3. The molecule has 30 heavy (non-hydrogen) atoms. The highest BCUT2D eigenvalue weighted by molar-refractivity contribution is 6.30. The molecule has 0 aliphatic carbocycles. The molecule has 5 nitrogen and oxygen atoms in total. The van der Waals surface area contributed by atoms with Gasteiger partial charge in [0.05, 0.1) is 19.6 Å². The van der Waals surface area contributed by atoms with Crippen molar-refractivity contribution in [1.29, 1.82) is 0 Å². The average molecular weight is 424 g/mol. The quantitative estimate of drug-likeness (QED) is 0.528. The normalized spacial score (nSPS) is 11.4. The number of hydrogen-bond donors (Lipinski definition) is 1. The van der Waals surface area contributed by atoms with Gasteiger partial charge in [0.15, 0.2) is 6.61 Å². The average Bonchev–Trinajstić information content (AvgIpc) is 2.78. The fourth-order valence-electron chi connectivity index (χ4n) is 3.03. The van der Waals surface area contributed by atoms with E-state index in [0.29, 0.717) is 10.8 Å². The first-order valence-corrected chi connectivity index (χ1v) is 9.83. The number of halogens is 1. The molecule has 0 saturated carbocycles. The monoisotopic (exact) mass is 423 g/mol. The topological polar surface area (TPSA) is 64.6 Å². The number of nitrogens with one attached hydrogen (secondary N) is 1. The second kappa shape index (κ2) is 10.5. The van der Waals surface area contributed by atoms with E-state index in [1.807, 2.05) is 54.6 Å². The Morgan fingerprint density at radius 2 is 1.60 bits per heavy atom. The number of rotatable bonds is 8. The number of ether oxygens (including phenoxy) is 2. The summed E-state index contributed by atoms with van der Waals surface area (Å²) >= 11 is 5.94. The minimum absolute atomic E-state index is 0.00444. The lowest BCUT2D eigenvalue weighted by atomic mass is 10.0. The van der Waals surface area contributed by atoms with Crippen LogP contribution in [0.2, 0.25) is 5.02 Å². The predicted molar refractivity (Wildman–Crippen MR) is 116 cm³/mol. The van der Waals surface area contributed by atoms with Crippen LogP contribution in [0.3, 0.4) is 0 Å². The Morgan fingerprint density at radius 3 is 2.30 bits per heavy atom. The second-order valence-corrected chi connectivity index (χ2v) is 7.04. The van der Waals surface area contributed by atoms with Gasteiger partial charge >= 0.3 is 5.97 Å². The number of benzene rings is 3. The Morgan fingerprint density at radius 1 is 0.933 bits per heavy atom. The third-order valence-electron chi connectivity index (χ3n) is 4.54. The van der Waals surface area contributed by atoms with Crippen LogP contribution < -0.4 is 10.1 Å². The highest BCUT2D eigenvalue weighted by atomic mass is 35.5. The number of para-hydroxylation sites is 1. The first-order valence-electron chi connectivity index (χ1n) is 9.45. The lowest BCUT2D eigenvalue weighted by molar-refractivity contribution is -0.141. The van der Waals surface area contributed by atoms with E-state index in [9.17, 15) is 9.59 Å². The molecule has 0 saturated heterocycles. The van der Waals surface area contributed by atoms with Gasteiger partial charge in [0.2, 0.25) is 0 Å². The van der Waals surface area contributed by atoms with Crippen LogP contribution in [0.5, 0.6) is 5.75 Å². The summed E-state index contributed by atoms with van der Waals surface area (Å²) < 4.78 is 10.5. The maximum atomic E-state index is 12.6. The van der Waals surface area contributed by atoms with Gasteiger partial charge in [0.25, 0.3) is 5.91 Å². The van der Waals surface area contributed by atoms with E-state index in [1.165, 1.54) is 7.11 Å². The molecule has 3 aromatic rings. The number of methoxy groups -OCH3 is 1. The first kappa shape index (κ1) is 21.4. The van der Waals surface area contributed by atoms with E-state index >= 15 is 0 Å². The van der Waals surface area contributed by atoms with Crippen LogP contribution in [0.15, 0.2) is 78.9 Å². The summed E-state index contributed by atoms with van der Waals surface area (Å²) in [5.41, 5.74) is 2.65. The zero-order valence-corrected chi connectivity index (χ0v) is 17.3. The number of esters is 1. The smallest absolute Gasteiger partial charge is 0.307 e. The van der Waals surface area contributed by atoms with Gasteiger partial charge in [-0.05, 0) is 29.3 Å². The van der Waals surface area contributed by atoms with E-state index in [0.717, 1.165) is 16.7 Å². The van der Waals surface area contributed by atoms with Crippen molar-refractivity contribution >= 4 is 23.5 Å². The number of carbonyl (C=O) groups is 2. The van der Waals surface area contributed by atoms with Gasteiger partial charge < -0.3 is 14.8 Å². The van der Waals surface area contributed by atoms with Crippen molar-refractivity contribution in [2.75, 3.05) is 13.7 Å². The molecule has 6 heteroatoms. The van der Waals surface area contributed by atoms with Crippen molar-refractivity contribution < 1.29 is 19.1 Å². The second-order valence-electron chi connectivity index (χ2n) is 6.60. The Kier molecular flexibility index (Phi) is 7.46. The lowest BCUT2D eigenvalue weighted by Crippen LogP contribution is -2.34. The maximum Gasteiger partial charge on any atom is 0.307 e. The molecule has 3 aromatic carbocycles. The van der Waals surface area contributed by atoms with Crippen molar-refractivity contribution in [3.63, 3.8) is 0 Å². The molecule has 0 spiro atoms. The van der Waals surface area contributed by atoms with E-state index in [1.54, 1.807) is 24.3 Å². The van der Waals surface area contributed by atoms with Gasteiger partial charge in [-0.3, -0.25) is 9.59 Å². The molecule has 0 bridgehead atoms. The molecule has 0 fully saturated rings. The van der Waals surface area contributed by atoms with E-state index in [-0.39, 0.29) is 18.9 Å². The van der Waals surface area contributed by atoms with Crippen LogP contribution in [0.4, 0.5) is 0 Å². The molecule has 1 amide bonds. The van der Waals surface area contributed by atoms with Crippen LogP contribution in [0.1, 0.15) is 18.0 Å². The van der Waals surface area contributed by atoms with Gasteiger partial charge in [0.1, 0.15) is 5.75 Å². The highest BCUT2D eigenvalue weighted by Crippen LogP contribution is 2.29. The van der Waals surface area contributed by atoms with E-state index in [2.05, 4.69) is 5.32 Å². The molecule has 154 valence electrons. The third kappa shape index (κ3) is 5.84. The third-order valence-corrected chi connectivity index (χ3v) is 4.79. The standard InChI is InChI=1S/C24H22ClNO4/c1-29-24(28)15-21(18-11-13-19(25)14-12-18)26-23(27)16-30-22-10-6-5-9-20(22)17-7-3-2-4-8-17/h2-14,21H,15-16H2,1H3,(H,26,27). The molecular formula is C24H22ClNO4. The van der Waals surface area contributed by atoms with Crippen molar-refractivity contribution in [3.8, 4) is 16.9 Å². The summed E-state index contributed by atoms with van der Waals surface area (Å²) in [6, 6.07) is 23.7. The van der Waals surface area contributed by atoms with Gasteiger partial charge in [-0.15, -0.1) is 0 Å². The molecule has 1 N–H and O–H groups in total. The molecule has 0 aromatic heterocycles. The summed E-state index contributed by atoms with van der Waals surface area (Å²) in [6.07, 6.45) is 0.00444.